The summed E-state index contributed by atoms with van der Waals surface area (Å²) in [5.74, 6) is 1.07. The SMILES string of the molecule is O=C(CSc1nc2c(c(=O)n1-c1ccc([N+](=O)[O-])cc1)SCC2)N1CCCCCC1. The molecule has 1 amide bonds. The van der Waals surface area contributed by atoms with Crippen LogP contribution >= 0.6 is 23.5 Å². The van der Waals surface area contributed by atoms with Crippen LogP contribution in [0, 0.1) is 10.1 Å². The molecule has 0 spiro atoms. The highest BCUT2D eigenvalue weighted by Crippen LogP contribution is 2.30. The van der Waals surface area contributed by atoms with E-state index in [1.54, 1.807) is 12.1 Å². The van der Waals surface area contributed by atoms with Crippen LogP contribution in [-0.4, -0.2) is 49.9 Å². The zero-order chi connectivity index (χ0) is 21.1. The zero-order valence-electron chi connectivity index (χ0n) is 16.4. The van der Waals surface area contributed by atoms with Crippen molar-refractivity contribution in [2.24, 2.45) is 0 Å². The molecule has 0 aliphatic carbocycles. The van der Waals surface area contributed by atoms with Crippen molar-refractivity contribution in [3.8, 4) is 5.69 Å². The van der Waals surface area contributed by atoms with Gasteiger partial charge in [0.2, 0.25) is 5.91 Å². The van der Waals surface area contributed by atoms with E-state index in [1.807, 2.05) is 4.90 Å². The van der Waals surface area contributed by atoms with Crippen molar-refractivity contribution < 1.29 is 9.72 Å². The first-order chi connectivity index (χ1) is 14.5. The van der Waals surface area contributed by atoms with Gasteiger partial charge >= 0.3 is 0 Å². The fourth-order valence-electron chi connectivity index (χ4n) is 3.68. The standard InChI is InChI=1S/C20H22N4O4S2/c25-17(22-10-3-1-2-4-11-22)13-30-20-21-16-9-12-29-18(16)19(26)23(20)14-5-7-15(8-6-14)24(27)28/h5-8H,1-4,9-13H2. The van der Waals surface area contributed by atoms with Gasteiger partial charge in [-0.1, -0.05) is 24.6 Å². The van der Waals surface area contributed by atoms with Crippen LogP contribution in [-0.2, 0) is 11.2 Å². The maximum Gasteiger partial charge on any atom is 0.272 e. The Hall–Kier alpha value is -2.33. The molecule has 2 aliphatic heterocycles. The number of thioether (sulfide) groups is 2. The Bertz CT molecular complexity index is 1010. The number of nitro groups is 1. The van der Waals surface area contributed by atoms with Crippen LogP contribution in [0.5, 0.6) is 0 Å². The summed E-state index contributed by atoms with van der Waals surface area (Å²) in [5.41, 5.74) is 1.06. The van der Waals surface area contributed by atoms with E-state index in [2.05, 4.69) is 4.98 Å². The van der Waals surface area contributed by atoms with Crippen molar-refractivity contribution in [2.45, 2.75) is 42.2 Å². The number of hydrogen-bond acceptors (Lipinski definition) is 7. The minimum absolute atomic E-state index is 0.0409. The Morgan fingerprint density at radius 3 is 2.53 bits per heavy atom. The quantitative estimate of drug-likeness (QED) is 0.301. The predicted molar refractivity (Wildman–Crippen MR) is 117 cm³/mol. The summed E-state index contributed by atoms with van der Waals surface area (Å²) in [6, 6.07) is 5.85. The van der Waals surface area contributed by atoms with Gasteiger partial charge in [0, 0.05) is 37.4 Å². The van der Waals surface area contributed by atoms with Crippen molar-refractivity contribution in [3.05, 3.63) is 50.4 Å². The molecular formula is C20H22N4O4S2. The smallest absolute Gasteiger partial charge is 0.272 e. The fourth-order valence-corrected chi connectivity index (χ4v) is 5.63. The highest BCUT2D eigenvalue weighted by Gasteiger charge is 2.24. The largest absolute Gasteiger partial charge is 0.342 e. The first-order valence-electron chi connectivity index (χ1n) is 9.99. The number of fused-ring (bicyclic) bond motifs is 1. The van der Waals surface area contributed by atoms with E-state index in [0.717, 1.165) is 56.6 Å². The maximum absolute atomic E-state index is 13.2. The molecule has 1 fully saturated rings. The van der Waals surface area contributed by atoms with Crippen molar-refractivity contribution in [2.75, 3.05) is 24.6 Å². The normalized spacial score (nSPS) is 16.2. The molecule has 0 atom stereocenters. The van der Waals surface area contributed by atoms with E-state index < -0.39 is 4.92 Å². The summed E-state index contributed by atoms with van der Waals surface area (Å²) in [5, 5.41) is 11.4. The van der Waals surface area contributed by atoms with Gasteiger partial charge in [-0.25, -0.2) is 4.98 Å². The number of carbonyl (C=O) groups is 1. The molecule has 0 unspecified atom stereocenters. The van der Waals surface area contributed by atoms with E-state index in [-0.39, 0.29) is 22.9 Å². The monoisotopic (exact) mass is 446 g/mol. The van der Waals surface area contributed by atoms with Crippen LogP contribution in [0.1, 0.15) is 31.4 Å². The average molecular weight is 447 g/mol. The second-order valence-corrected chi connectivity index (χ2v) is 9.31. The van der Waals surface area contributed by atoms with Crippen LogP contribution < -0.4 is 5.56 Å². The van der Waals surface area contributed by atoms with Crippen molar-refractivity contribution in [3.63, 3.8) is 0 Å². The van der Waals surface area contributed by atoms with Crippen LogP contribution in [0.15, 0.2) is 39.1 Å². The summed E-state index contributed by atoms with van der Waals surface area (Å²) in [7, 11) is 0. The molecule has 3 heterocycles. The Morgan fingerprint density at radius 2 is 1.87 bits per heavy atom. The fraction of sp³-hybridized carbons (Fsp3) is 0.450. The molecule has 4 rings (SSSR count). The van der Waals surface area contributed by atoms with Crippen molar-refractivity contribution in [1.29, 1.82) is 0 Å². The summed E-state index contributed by atoms with van der Waals surface area (Å²) in [6.07, 6.45) is 5.09. The molecule has 0 radical (unpaired) electrons. The van der Waals surface area contributed by atoms with Gasteiger partial charge in [-0.2, -0.15) is 0 Å². The maximum atomic E-state index is 13.2. The zero-order valence-corrected chi connectivity index (χ0v) is 18.0. The Balaban J connectivity index is 1.63. The Labute approximate surface area is 182 Å². The van der Waals surface area contributed by atoms with Gasteiger partial charge in [-0.05, 0) is 25.0 Å². The molecule has 2 aromatic rings. The summed E-state index contributed by atoms with van der Waals surface area (Å²) >= 11 is 2.74. The molecule has 0 saturated carbocycles. The summed E-state index contributed by atoms with van der Waals surface area (Å²) < 4.78 is 1.47. The third-order valence-electron chi connectivity index (χ3n) is 5.27. The number of nitrogens with zero attached hydrogens (tertiary/aromatic N) is 4. The van der Waals surface area contributed by atoms with Crippen LogP contribution in [0.2, 0.25) is 0 Å². The highest BCUT2D eigenvalue weighted by molar-refractivity contribution is 8.00. The van der Waals surface area contributed by atoms with E-state index in [1.165, 1.54) is 40.2 Å². The van der Waals surface area contributed by atoms with Gasteiger partial charge in [0.1, 0.15) is 0 Å². The number of aryl methyl sites for hydroxylation is 1. The molecule has 2 aliphatic rings. The molecule has 30 heavy (non-hydrogen) atoms. The second kappa shape index (κ2) is 9.22. The molecule has 158 valence electrons. The van der Waals surface area contributed by atoms with Crippen LogP contribution in [0.3, 0.4) is 0 Å². The topological polar surface area (TPSA) is 98.3 Å². The molecule has 1 aromatic carbocycles. The van der Waals surface area contributed by atoms with Crippen LogP contribution in [0.4, 0.5) is 5.69 Å². The molecule has 1 aromatic heterocycles. The molecule has 8 nitrogen and oxygen atoms in total. The summed E-state index contributed by atoms with van der Waals surface area (Å²) in [6.45, 7) is 1.56. The Morgan fingerprint density at radius 1 is 1.17 bits per heavy atom. The lowest BCUT2D eigenvalue weighted by Crippen LogP contribution is -2.33. The van der Waals surface area contributed by atoms with Crippen molar-refractivity contribution in [1.82, 2.24) is 14.5 Å². The third-order valence-corrected chi connectivity index (χ3v) is 7.30. The second-order valence-electron chi connectivity index (χ2n) is 7.27. The lowest BCUT2D eigenvalue weighted by Gasteiger charge is -2.20. The van der Waals surface area contributed by atoms with Gasteiger partial charge in [0.15, 0.2) is 5.16 Å². The number of likely N-dealkylation sites (tertiary alicyclic amines) is 1. The van der Waals surface area contributed by atoms with Crippen LogP contribution in [0.25, 0.3) is 5.69 Å². The minimum Gasteiger partial charge on any atom is -0.342 e. The van der Waals surface area contributed by atoms with Gasteiger partial charge in [-0.15, -0.1) is 11.8 Å². The minimum atomic E-state index is -0.473. The average Bonchev–Trinajstić information content (AvgIpc) is 3.05. The molecular weight excluding hydrogens is 424 g/mol. The molecule has 0 bridgehead atoms. The Kier molecular flexibility index (Phi) is 6.43. The number of aromatic nitrogens is 2. The van der Waals surface area contributed by atoms with Gasteiger partial charge in [0.05, 0.1) is 27.0 Å². The number of benzene rings is 1. The first-order valence-corrected chi connectivity index (χ1v) is 12.0. The number of hydrogen-bond donors (Lipinski definition) is 0. The van der Waals surface area contributed by atoms with E-state index in [4.69, 9.17) is 0 Å². The molecule has 10 heteroatoms. The van der Waals surface area contributed by atoms with E-state index in [9.17, 15) is 19.7 Å². The number of carbonyl (C=O) groups excluding carboxylic acids is 1. The third kappa shape index (κ3) is 4.39. The predicted octanol–water partition coefficient (Wildman–Crippen LogP) is 3.28. The number of non-ortho nitro benzene ring substituents is 1. The molecule has 1 saturated heterocycles. The highest BCUT2D eigenvalue weighted by atomic mass is 32.2. The number of amides is 1. The van der Waals surface area contributed by atoms with Gasteiger partial charge in [-0.3, -0.25) is 24.3 Å². The van der Waals surface area contributed by atoms with Gasteiger partial charge in [0.25, 0.3) is 11.2 Å². The van der Waals surface area contributed by atoms with E-state index >= 15 is 0 Å². The van der Waals surface area contributed by atoms with E-state index in [0.29, 0.717) is 15.7 Å². The number of nitro benzene ring substituents is 1. The van der Waals surface area contributed by atoms with Crippen molar-refractivity contribution >= 4 is 35.1 Å². The van der Waals surface area contributed by atoms with Gasteiger partial charge < -0.3 is 4.90 Å². The molecule has 0 N–H and O–H groups in total. The lowest BCUT2D eigenvalue weighted by atomic mass is 10.2. The number of rotatable bonds is 5. The first kappa shape index (κ1) is 20.9. The lowest BCUT2D eigenvalue weighted by molar-refractivity contribution is -0.384. The summed E-state index contributed by atoms with van der Waals surface area (Å²) in [4.78, 5) is 43.6.